The van der Waals surface area contributed by atoms with Crippen LogP contribution in [0.15, 0.2) is 65.3 Å². The molecule has 1 aromatic heterocycles. The minimum Gasteiger partial charge on any atom is -0.490 e. The lowest BCUT2D eigenvalue weighted by atomic mass is 10.0. The molecule has 1 atom stereocenters. The van der Waals surface area contributed by atoms with Crippen molar-refractivity contribution in [2.75, 3.05) is 6.61 Å². The van der Waals surface area contributed by atoms with Gasteiger partial charge in [-0.15, -0.1) is 0 Å². The van der Waals surface area contributed by atoms with Crippen LogP contribution in [0.1, 0.15) is 29.9 Å². The highest BCUT2D eigenvalue weighted by molar-refractivity contribution is 6.30. The molecule has 26 heavy (non-hydrogen) atoms. The molecule has 0 aliphatic heterocycles. The minimum atomic E-state index is -0.194. The van der Waals surface area contributed by atoms with Crippen molar-refractivity contribution < 1.29 is 13.9 Å². The first-order chi connectivity index (χ1) is 12.7. The quantitative estimate of drug-likeness (QED) is 0.594. The summed E-state index contributed by atoms with van der Waals surface area (Å²) in [6.45, 7) is 2.96. The maximum absolute atomic E-state index is 6.20. The number of hydrogen-bond donors (Lipinski definition) is 1. The van der Waals surface area contributed by atoms with Gasteiger partial charge < -0.3 is 19.6 Å². The molecule has 1 unspecified atom stereocenters. The molecule has 5 heteroatoms. The van der Waals surface area contributed by atoms with Crippen LogP contribution in [0.4, 0.5) is 0 Å². The average Bonchev–Trinajstić information content (AvgIpc) is 3.18. The molecule has 0 bridgehead atoms. The fourth-order valence-electron chi connectivity index (χ4n) is 2.67. The van der Waals surface area contributed by atoms with E-state index in [1.54, 1.807) is 6.26 Å². The Morgan fingerprint density at radius 2 is 1.77 bits per heavy atom. The summed E-state index contributed by atoms with van der Waals surface area (Å²) >= 11 is 5.91. The first-order valence-electron chi connectivity index (χ1n) is 8.57. The third-order valence-corrected chi connectivity index (χ3v) is 4.23. The maximum atomic E-state index is 6.20. The zero-order valence-electron chi connectivity index (χ0n) is 14.7. The molecule has 2 N–H and O–H groups in total. The molecule has 1 heterocycles. The Labute approximate surface area is 158 Å². The van der Waals surface area contributed by atoms with E-state index in [-0.39, 0.29) is 6.04 Å². The van der Waals surface area contributed by atoms with Crippen LogP contribution in [0.25, 0.3) is 0 Å². The number of furan rings is 1. The standard InChI is InChI=1S/C21H22ClNO3/c1-2-24-21-13-16(12-18(23)19-4-3-11-25-19)7-10-20(21)26-14-15-5-8-17(22)9-6-15/h3-11,13,18H,2,12,14,23H2,1H3. The second-order valence-electron chi connectivity index (χ2n) is 5.96. The van der Waals surface area contributed by atoms with E-state index in [4.69, 9.17) is 31.2 Å². The Morgan fingerprint density at radius 1 is 1.00 bits per heavy atom. The number of ether oxygens (including phenoxy) is 2. The lowest BCUT2D eigenvalue weighted by molar-refractivity contribution is 0.269. The van der Waals surface area contributed by atoms with Crippen molar-refractivity contribution in [1.82, 2.24) is 0 Å². The molecule has 0 saturated heterocycles. The molecule has 0 amide bonds. The van der Waals surface area contributed by atoms with Crippen molar-refractivity contribution in [2.24, 2.45) is 5.73 Å². The lowest BCUT2D eigenvalue weighted by Crippen LogP contribution is -2.12. The Hall–Kier alpha value is -2.43. The van der Waals surface area contributed by atoms with E-state index in [2.05, 4.69) is 0 Å². The van der Waals surface area contributed by atoms with E-state index >= 15 is 0 Å². The predicted molar refractivity (Wildman–Crippen MR) is 103 cm³/mol. The summed E-state index contributed by atoms with van der Waals surface area (Å²) in [4.78, 5) is 0. The molecule has 0 radical (unpaired) electrons. The van der Waals surface area contributed by atoms with Crippen LogP contribution in [-0.2, 0) is 13.0 Å². The number of rotatable bonds is 8. The van der Waals surface area contributed by atoms with Gasteiger partial charge in [0.05, 0.1) is 18.9 Å². The fourth-order valence-corrected chi connectivity index (χ4v) is 2.79. The summed E-state index contributed by atoms with van der Waals surface area (Å²) in [5.41, 5.74) is 8.31. The van der Waals surface area contributed by atoms with E-state index in [0.29, 0.717) is 36.2 Å². The number of hydrogen-bond acceptors (Lipinski definition) is 4. The van der Waals surface area contributed by atoms with Gasteiger partial charge in [-0.05, 0) is 60.9 Å². The first kappa shape index (κ1) is 18.4. The van der Waals surface area contributed by atoms with E-state index in [1.807, 2.05) is 61.5 Å². The Kier molecular flexibility index (Phi) is 6.21. The van der Waals surface area contributed by atoms with Crippen molar-refractivity contribution >= 4 is 11.6 Å². The van der Waals surface area contributed by atoms with Gasteiger partial charge in [-0.1, -0.05) is 29.8 Å². The minimum absolute atomic E-state index is 0.194. The third kappa shape index (κ3) is 4.81. The van der Waals surface area contributed by atoms with Gasteiger partial charge in [0, 0.05) is 5.02 Å². The maximum Gasteiger partial charge on any atom is 0.161 e. The van der Waals surface area contributed by atoms with Crippen LogP contribution in [0.5, 0.6) is 11.5 Å². The molecule has 2 aromatic carbocycles. The molecule has 4 nitrogen and oxygen atoms in total. The summed E-state index contributed by atoms with van der Waals surface area (Å²) < 4.78 is 17.1. The molecule has 0 saturated carbocycles. The monoisotopic (exact) mass is 371 g/mol. The fraction of sp³-hybridized carbons (Fsp3) is 0.238. The average molecular weight is 372 g/mol. The smallest absolute Gasteiger partial charge is 0.161 e. The Morgan fingerprint density at radius 3 is 2.46 bits per heavy atom. The summed E-state index contributed by atoms with van der Waals surface area (Å²) in [5.74, 6) is 2.19. The topological polar surface area (TPSA) is 57.6 Å². The highest BCUT2D eigenvalue weighted by Gasteiger charge is 2.13. The zero-order valence-corrected chi connectivity index (χ0v) is 15.4. The van der Waals surface area contributed by atoms with Crippen molar-refractivity contribution in [2.45, 2.75) is 26.0 Å². The normalized spacial score (nSPS) is 12.0. The zero-order chi connectivity index (χ0) is 18.4. The largest absolute Gasteiger partial charge is 0.490 e. The van der Waals surface area contributed by atoms with Crippen molar-refractivity contribution in [1.29, 1.82) is 0 Å². The number of halogens is 1. The molecule has 3 rings (SSSR count). The van der Waals surface area contributed by atoms with Gasteiger partial charge in [0.2, 0.25) is 0 Å². The predicted octanol–water partition coefficient (Wildman–Crippen LogP) is 5.15. The van der Waals surface area contributed by atoms with Crippen LogP contribution in [-0.4, -0.2) is 6.61 Å². The third-order valence-electron chi connectivity index (χ3n) is 3.98. The van der Waals surface area contributed by atoms with Gasteiger partial charge in [-0.3, -0.25) is 0 Å². The van der Waals surface area contributed by atoms with Crippen molar-refractivity contribution in [3.8, 4) is 11.5 Å². The van der Waals surface area contributed by atoms with Gasteiger partial charge in [0.25, 0.3) is 0 Å². The summed E-state index contributed by atoms with van der Waals surface area (Å²) in [6.07, 6.45) is 2.29. The summed E-state index contributed by atoms with van der Waals surface area (Å²) in [5, 5.41) is 0.709. The highest BCUT2D eigenvalue weighted by atomic mass is 35.5. The molecule has 136 valence electrons. The second kappa shape index (κ2) is 8.79. The van der Waals surface area contributed by atoms with E-state index in [0.717, 1.165) is 16.9 Å². The molecular weight excluding hydrogens is 350 g/mol. The molecule has 3 aromatic rings. The van der Waals surface area contributed by atoms with Crippen LogP contribution < -0.4 is 15.2 Å². The Bertz CT molecular complexity index is 816. The molecule has 0 aliphatic carbocycles. The van der Waals surface area contributed by atoms with Crippen molar-refractivity contribution in [3.05, 3.63) is 82.8 Å². The van der Waals surface area contributed by atoms with E-state index in [1.165, 1.54) is 0 Å². The molecule has 0 spiro atoms. The Balaban J connectivity index is 1.70. The number of benzene rings is 2. The second-order valence-corrected chi connectivity index (χ2v) is 6.39. The summed E-state index contributed by atoms with van der Waals surface area (Å²) in [7, 11) is 0. The van der Waals surface area contributed by atoms with Gasteiger partial charge in [0.1, 0.15) is 12.4 Å². The van der Waals surface area contributed by atoms with Gasteiger partial charge in [-0.2, -0.15) is 0 Å². The van der Waals surface area contributed by atoms with Crippen LogP contribution >= 0.6 is 11.6 Å². The van der Waals surface area contributed by atoms with Crippen molar-refractivity contribution in [3.63, 3.8) is 0 Å². The lowest BCUT2D eigenvalue weighted by Gasteiger charge is -2.15. The molecular formula is C21H22ClNO3. The van der Waals surface area contributed by atoms with Gasteiger partial charge in [-0.25, -0.2) is 0 Å². The van der Waals surface area contributed by atoms with E-state index < -0.39 is 0 Å². The highest BCUT2D eigenvalue weighted by Crippen LogP contribution is 2.31. The van der Waals surface area contributed by atoms with Gasteiger partial charge in [0.15, 0.2) is 11.5 Å². The summed E-state index contributed by atoms with van der Waals surface area (Å²) in [6, 6.07) is 17.0. The number of nitrogens with two attached hydrogens (primary N) is 1. The van der Waals surface area contributed by atoms with Gasteiger partial charge >= 0.3 is 0 Å². The first-order valence-corrected chi connectivity index (χ1v) is 8.95. The van der Waals surface area contributed by atoms with Crippen LogP contribution in [0.2, 0.25) is 5.02 Å². The van der Waals surface area contributed by atoms with Crippen LogP contribution in [0, 0.1) is 0 Å². The molecule has 0 aliphatic rings. The van der Waals surface area contributed by atoms with E-state index in [9.17, 15) is 0 Å². The van der Waals surface area contributed by atoms with Crippen LogP contribution in [0.3, 0.4) is 0 Å². The SMILES string of the molecule is CCOc1cc(CC(N)c2ccco2)ccc1OCc1ccc(Cl)cc1. The molecule has 0 fully saturated rings.